The van der Waals surface area contributed by atoms with Crippen LogP contribution in [0.4, 0.5) is 5.69 Å². The van der Waals surface area contributed by atoms with E-state index < -0.39 is 10.0 Å². The number of anilines is 1. The van der Waals surface area contributed by atoms with Gasteiger partial charge in [0.15, 0.2) is 0 Å². The minimum absolute atomic E-state index is 0.0427. The largest absolute Gasteiger partial charge is 0.487 e. The van der Waals surface area contributed by atoms with Gasteiger partial charge in [0.25, 0.3) is 5.91 Å². The molecule has 0 atom stereocenters. The average Bonchev–Trinajstić information content (AvgIpc) is 3.86. The number of sulfonamides is 1. The number of hydrogen-bond donors (Lipinski definition) is 2. The molecular formula is C39H41N7O5S. The number of fused-ring (bicyclic) bond motifs is 1. The Morgan fingerprint density at radius 2 is 1.71 bits per heavy atom. The van der Waals surface area contributed by atoms with Gasteiger partial charge >= 0.3 is 0 Å². The number of aryl methyl sites for hydroxylation is 2. The summed E-state index contributed by atoms with van der Waals surface area (Å²) >= 11 is 0. The third-order valence-electron chi connectivity index (χ3n) is 8.38. The quantitative estimate of drug-likeness (QED) is 0.109. The van der Waals surface area contributed by atoms with Gasteiger partial charge in [-0.15, -0.1) is 5.10 Å². The predicted molar refractivity (Wildman–Crippen MR) is 201 cm³/mol. The monoisotopic (exact) mass is 719 g/mol. The Morgan fingerprint density at radius 3 is 2.48 bits per heavy atom. The number of ether oxygens (including phenoxy) is 1. The fourth-order valence-electron chi connectivity index (χ4n) is 5.67. The van der Waals surface area contributed by atoms with Crippen LogP contribution in [0, 0.1) is 0 Å². The molecule has 268 valence electrons. The van der Waals surface area contributed by atoms with Crippen molar-refractivity contribution in [1.29, 1.82) is 0 Å². The topological polar surface area (TPSA) is 144 Å². The Labute approximate surface area is 303 Å². The Balaban J connectivity index is 0.921. The lowest BCUT2D eigenvalue weighted by molar-refractivity contribution is 0.0954. The first-order chi connectivity index (χ1) is 25.2. The van der Waals surface area contributed by atoms with Gasteiger partial charge in [0.05, 0.1) is 11.1 Å². The zero-order valence-corrected chi connectivity index (χ0v) is 29.9. The van der Waals surface area contributed by atoms with Crippen molar-refractivity contribution < 1.29 is 22.4 Å². The molecule has 0 aliphatic carbocycles. The first kappa shape index (κ1) is 36.0. The molecule has 6 rings (SSSR count). The molecule has 6 aromatic rings. The van der Waals surface area contributed by atoms with Gasteiger partial charge in [0.2, 0.25) is 15.9 Å². The van der Waals surface area contributed by atoms with E-state index in [9.17, 15) is 13.2 Å². The van der Waals surface area contributed by atoms with Crippen LogP contribution in [0.25, 0.3) is 22.9 Å². The lowest BCUT2D eigenvalue weighted by Gasteiger charge is -2.17. The number of rotatable bonds is 17. The van der Waals surface area contributed by atoms with E-state index in [-0.39, 0.29) is 30.5 Å². The number of aromatic nitrogens is 4. The fraction of sp³-hybridized carbons (Fsp3) is 0.231. The summed E-state index contributed by atoms with van der Waals surface area (Å²) in [5.41, 5.74) is 4.16. The Hall–Kier alpha value is -5.79. The average molecular weight is 720 g/mol. The van der Waals surface area contributed by atoms with Gasteiger partial charge < -0.3 is 19.4 Å². The van der Waals surface area contributed by atoms with E-state index >= 15 is 0 Å². The van der Waals surface area contributed by atoms with Crippen LogP contribution in [-0.4, -0.2) is 61.5 Å². The number of benzene rings is 4. The summed E-state index contributed by atoms with van der Waals surface area (Å²) < 4.78 is 42.2. The van der Waals surface area contributed by atoms with Gasteiger partial charge in [-0.05, 0) is 72.9 Å². The SMILES string of the molecule is CN(C)c1cccc2c(S(=O)(=O)NCCNC(=O)c3ccc(/C=C/c4nc(COc5ccc(CCCCn6ccnn6)cc5)co4)cc3)cccc12. The highest BCUT2D eigenvalue weighted by Gasteiger charge is 2.18. The molecule has 2 N–H and O–H groups in total. The van der Waals surface area contributed by atoms with Crippen molar-refractivity contribution in [3.05, 3.63) is 132 Å². The van der Waals surface area contributed by atoms with Gasteiger partial charge in [-0.1, -0.05) is 53.7 Å². The van der Waals surface area contributed by atoms with Crippen molar-refractivity contribution in [1.82, 2.24) is 30.0 Å². The van der Waals surface area contributed by atoms with Crippen LogP contribution in [0.1, 0.15) is 45.9 Å². The second-order valence-corrected chi connectivity index (χ2v) is 14.1. The smallest absolute Gasteiger partial charge is 0.251 e. The van der Waals surface area contributed by atoms with Crippen molar-refractivity contribution in [3.63, 3.8) is 0 Å². The van der Waals surface area contributed by atoms with Crippen molar-refractivity contribution in [2.45, 2.75) is 37.3 Å². The highest BCUT2D eigenvalue weighted by Crippen LogP contribution is 2.30. The van der Waals surface area contributed by atoms with E-state index in [4.69, 9.17) is 9.15 Å². The van der Waals surface area contributed by atoms with Gasteiger partial charge in [0, 0.05) is 68.0 Å². The number of amides is 1. The third-order valence-corrected chi connectivity index (χ3v) is 9.90. The van der Waals surface area contributed by atoms with Crippen LogP contribution in [-0.2, 0) is 29.6 Å². The third kappa shape index (κ3) is 9.50. The molecule has 0 bridgehead atoms. The van der Waals surface area contributed by atoms with Crippen molar-refractivity contribution in [3.8, 4) is 5.75 Å². The minimum Gasteiger partial charge on any atom is -0.487 e. The maximum Gasteiger partial charge on any atom is 0.251 e. The second-order valence-electron chi connectivity index (χ2n) is 12.4. The summed E-state index contributed by atoms with van der Waals surface area (Å²) in [7, 11) is 0.0313. The van der Waals surface area contributed by atoms with Crippen molar-refractivity contribution >= 4 is 44.5 Å². The molecule has 0 saturated heterocycles. The number of oxazole rings is 1. The summed E-state index contributed by atoms with van der Waals surface area (Å²) in [6.45, 7) is 1.31. The van der Waals surface area contributed by atoms with Crippen LogP contribution in [0.3, 0.4) is 0 Å². The molecule has 0 fully saturated rings. The van der Waals surface area contributed by atoms with E-state index in [1.165, 1.54) is 5.56 Å². The summed E-state index contributed by atoms with van der Waals surface area (Å²) in [5, 5.41) is 12.1. The molecule has 4 aromatic carbocycles. The Morgan fingerprint density at radius 1 is 0.923 bits per heavy atom. The van der Waals surface area contributed by atoms with Gasteiger partial charge in [-0.2, -0.15) is 0 Å². The van der Waals surface area contributed by atoms with Crippen LogP contribution in [0.5, 0.6) is 5.75 Å². The van der Waals surface area contributed by atoms with E-state index in [0.29, 0.717) is 22.5 Å². The van der Waals surface area contributed by atoms with Crippen LogP contribution >= 0.6 is 0 Å². The molecule has 13 heteroatoms. The Bertz CT molecular complexity index is 2210. The summed E-state index contributed by atoms with van der Waals surface area (Å²) in [6.07, 6.45) is 11.8. The zero-order chi connectivity index (χ0) is 36.3. The molecule has 0 spiro atoms. The number of nitrogens with zero attached hydrogens (tertiary/aromatic N) is 5. The van der Waals surface area contributed by atoms with Gasteiger partial charge in [-0.3, -0.25) is 9.48 Å². The standard InChI is InChI=1S/C39H41N7O5S/c1-45(2)36-10-5-9-35-34(36)8-6-11-37(35)52(48,49)42-23-22-40-39(47)31-17-12-30(13-18-31)16-21-38-43-32(28-51-38)27-50-33-19-14-29(15-20-33)7-3-4-25-46-26-24-41-44-46/h5-6,8-21,24,26,28,42H,3-4,7,22-23,25,27H2,1-2H3,(H,40,47)/b21-16+. The molecule has 52 heavy (non-hydrogen) atoms. The van der Waals surface area contributed by atoms with Crippen LogP contribution in [0.2, 0.25) is 0 Å². The first-order valence-electron chi connectivity index (χ1n) is 17.0. The molecule has 2 aromatic heterocycles. The highest BCUT2D eigenvalue weighted by atomic mass is 32.2. The van der Waals surface area contributed by atoms with Crippen molar-refractivity contribution in [2.75, 3.05) is 32.1 Å². The number of hydrogen-bond acceptors (Lipinski definition) is 9. The first-order valence-corrected chi connectivity index (χ1v) is 18.5. The lowest BCUT2D eigenvalue weighted by Crippen LogP contribution is -2.34. The van der Waals surface area contributed by atoms with E-state index in [1.807, 2.05) is 78.4 Å². The molecule has 0 aliphatic heterocycles. The van der Waals surface area contributed by atoms with E-state index in [1.54, 1.807) is 48.9 Å². The summed E-state index contributed by atoms with van der Waals surface area (Å²) in [6, 6.07) is 25.9. The summed E-state index contributed by atoms with van der Waals surface area (Å²) in [4.78, 5) is 19.3. The predicted octanol–water partition coefficient (Wildman–Crippen LogP) is 5.97. The highest BCUT2D eigenvalue weighted by molar-refractivity contribution is 7.89. The van der Waals surface area contributed by atoms with Gasteiger partial charge in [-0.25, -0.2) is 18.1 Å². The molecule has 0 radical (unpaired) electrons. The number of carbonyl (C=O) groups excluding carboxylic acids is 1. The maximum absolute atomic E-state index is 13.1. The molecule has 1 amide bonds. The molecular weight excluding hydrogens is 679 g/mol. The van der Waals surface area contributed by atoms with Crippen LogP contribution in [0.15, 0.2) is 113 Å². The van der Waals surface area contributed by atoms with Gasteiger partial charge in [0.1, 0.15) is 24.3 Å². The minimum atomic E-state index is -3.80. The molecule has 2 heterocycles. The summed E-state index contributed by atoms with van der Waals surface area (Å²) in [5.74, 6) is 0.893. The van der Waals surface area contributed by atoms with E-state index in [0.717, 1.165) is 48.2 Å². The normalized spacial score (nSPS) is 11.7. The lowest BCUT2D eigenvalue weighted by atomic mass is 10.1. The molecule has 0 saturated carbocycles. The molecule has 0 unspecified atom stereocenters. The van der Waals surface area contributed by atoms with Crippen molar-refractivity contribution in [2.24, 2.45) is 0 Å². The number of unbranched alkanes of at least 4 members (excludes halogenated alkanes) is 1. The maximum atomic E-state index is 13.1. The molecule has 12 nitrogen and oxygen atoms in total. The van der Waals surface area contributed by atoms with E-state index in [2.05, 4.69) is 37.5 Å². The Kier molecular flexibility index (Phi) is 11.7. The zero-order valence-electron chi connectivity index (χ0n) is 29.1. The molecule has 0 aliphatic rings. The second kappa shape index (κ2) is 16.9. The van der Waals surface area contributed by atoms with Crippen LogP contribution < -0.4 is 19.7 Å². The number of nitrogens with one attached hydrogen (secondary N) is 2. The number of carbonyl (C=O) groups is 1. The fourth-order valence-corrected chi connectivity index (χ4v) is 6.92.